The van der Waals surface area contributed by atoms with Crippen LogP contribution in [0.1, 0.15) is 28.4 Å². The molecular weight excluding hydrogens is 412 g/mol. The molecule has 0 bridgehead atoms. The second kappa shape index (κ2) is 9.22. The van der Waals surface area contributed by atoms with Gasteiger partial charge < -0.3 is 14.6 Å². The zero-order chi connectivity index (χ0) is 22.0. The van der Waals surface area contributed by atoms with Gasteiger partial charge in [0, 0.05) is 49.3 Å². The number of aryl methyl sites for hydroxylation is 1. The van der Waals surface area contributed by atoms with E-state index in [0.717, 1.165) is 37.3 Å². The molecule has 162 valence electrons. The van der Waals surface area contributed by atoms with E-state index in [0.29, 0.717) is 22.8 Å². The molecule has 31 heavy (non-hydrogen) atoms. The Hall–Kier alpha value is -2.67. The molecule has 1 aliphatic rings. The summed E-state index contributed by atoms with van der Waals surface area (Å²) in [5.74, 6) is 0.0221. The fourth-order valence-corrected chi connectivity index (χ4v) is 4.41. The van der Waals surface area contributed by atoms with Crippen molar-refractivity contribution >= 4 is 11.6 Å². The van der Waals surface area contributed by atoms with Crippen molar-refractivity contribution in [1.29, 1.82) is 0 Å². The number of pyridine rings is 2. The van der Waals surface area contributed by atoms with Gasteiger partial charge in [0.05, 0.1) is 18.2 Å². The van der Waals surface area contributed by atoms with Gasteiger partial charge in [-0.05, 0) is 49.4 Å². The van der Waals surface area contributed by atoms with Crippen molar-refractivity contribution in [2.24, 2.45) is 0 Å². The Morgan fingerprint density at radius 1 is 1.13 bits per heavy atom. The molecule has 6 nitrogen and oxygen atoms in total. The fraction of sp³-hybridized carbons (Fsp3) is 0.333. The van der Waals surface area contributed by atoms with Crippen LogP contribution in [0, 0.1) is 6.92 Å². The lowest BCUT2D eigenvalue weighted by molar-refractivity contribution is 0.125. The number of nitrogens with zero attached hydrogens (tertiary/aromatic N) is 4. The van der Waals surface area contributed by atoms with Crippen LogP contribution in [0.2, 0.25) is 5.02 Å². The van der Waals surface area contributed by atoms with Crippen molar-refractivity contribution < 1.29 is 5.11 Å². The van der Waals surface area contributed by atoms with Crippen molar-refractivity contribution in [3.63, 3.8) is 0 Å². The molecule has 1 saturated heterocycles. The van der Waals surface area contributed by atoms with Gasteiger partial charge in [0.25, 0.3) is 5.56 Å². The lowest BCUT2D eigenvalue weighted by Gasteiger charge is -2.38. The Bertz CT molecular complexity index is 1110. The van der Waals surface area contributed by atoms with E-state index in [9.17, 15) is 9.90 Å². The van der Waals surface area contributed by atoms with Crippen LogP contribution in [0.4, 0.5) is 0 Å². The standard InChI is InChI=1S/C24H27ClN4O2/c1-17-13-21(30)22(24(31)29(17)16-18-5-4-8-26-15-18)23(19-6-3-7-20(25)14-19)28-11-9-27(2)10-12-28/h3-8,13-15,23,30H,9-12,16H2,1-2H3. The maximum absolute atomic E-state index is 13.7. The molecule has 2 aromatic heterocycles. The van der Waals surface area contributed by atoms with Crippen LogP contribution in [-0.2, 0) is 6.54 Å². The molecule has 1 aliphatic heterocycles. The maximum atomic E-state index is 13.7. The molecule has 0 saturated carbocycles. The molecular formula is C24H27ClN4O2. The number of hydrogen-bond donors (Lipinski definition) is 1. The first-order valence-electron chi connectivity index (χ1n) is 10.4. The molecule has 1 fully saturated rings. The number of piperazine rings is 1. The molecule has 0 aliphatic carbocycles. The van der Waals surface area contributed by atoms with Crippen LogP contribution in [0.25, 0.3) is 0 Å². The van der Waals surface area contributed by atoms with Crippen LogP contribution in [0.5, 0.6) is 5.75 Å². The zero-order valence-corrected chi connectivity index (χ0v) is 18.6. The summed E-state index contributed by atoms with van der Waals surface area (Å²) in [6.07, 6.45) is 3.47. The smallest absolute Gasteiger partial charge is 0.259 e. The Kier molecular flexibility index (Phi) is 6.41. The molecule has 1 N–H and O–H groups in total. The van der Waals surface area contributed by atoms with Gasteiger partial charge in [-0.2, -0.15) is 0 Å². The van der Waals surface area contributed by atoms with Gasteiger partial charge in [-0.15, -0.1) is 0 Å². The monoisotopic (exact) mass is 438 g/mol. The Morgan fingerprint density at radius 2 is 1.90 bits per heavy atom. The summed E-state index contributed by atoms with van der Waals surface area (Å²) in [6, 6.07) is 12.7. The summed E-state index contributed by atoms with van der Waals surface area (Å²) < 4.78 is 1.71. The minimum Gasteiger partial charge on any atom is -0.507 e. The third-order valence-electron chi connectivity index (χ3n) is 5.93. The molecule has 3 heterocycles. The van der Waals surface area contributed by atoms with Crippen LogP contribution < -0.4 is 5.56 Å². The van der Waals surface area contributed by atoms with E-state index in [-0.39, 0.29) is 17.4 Å². The third kappa shape index (κ3) is 4.66. The molecule has 3 aromatic rings. The number of hydrogen-bond acceptors (Lipinski definition) is 5. The zero-order valence-electron chi connectivity index (χ0n) is 17.8. The van der Waals surface area contributed by atoms with Gasteiger partial charge in [-0.1, -0.05) is 29.8 Å². The lowest BCUT2D eigenvalue weighted by Crippen LogP contribution is -2.47. The van der Waals surface area contributed by atoms with Crippen molar-refractivity contribution in [2.45, 2.75) is 19.5 Å². The first-order chi connectivity index (χ1) is 14.9. The van der Waals surface area contributed by atoms with E-state index >= 15 is 0 Å². The van der Waals surface area contributed by atoms with E-state index in [1.54, 1.807) is 23.0 Å². The van der Waals surface area contributed by atoms with Gasteiger partial charge >= 0.3 is 0 Å². The number of benzene rings is 1. The molecule has 0 radical (unpaired) electrons. The van der Waals surface area contributed by atoms with Gasteiger partial charge in [0.2, 0.25) is 0 Å². The highest BCUT2D eigenvalue weighted by Gasteiger charge is 2.31. The Balaban J connectivity index is 1.84. The number of aromatic nitrogens is 2. The van der Waals surface area contributed by atoms with Crippen molar-refractivity contribution in [1.82, 2.24) is 19.4 Å². The van der Waals surface area contributed by atoms with Gasteiger partial charge in [-0.3, -0.25) is 14.7 Å². The molecule has 0 amide bonds. The van der Waals surface area contributed by atoms with E-state index in [1.165, 1.54) is 0 Å². The third-order valence-corrected chi connectivity index (χ3v) is 6.16. The first kappa shape index (κ1) is 21.6. The van der Waals surface area contributed by atoms with Gasteiger partial charge in [-0.25, -0.2) is 0 Å². The number of rotatable bonds is 5. The van der Waals surface area contributed by atoms with E-state index in [2.05, 4.69) is 21.8 Å². The topological polar surface area (TPSA) is 61.6 Å². The summed E-state index contributed by atoms with van der Waals surface area (Å²) >= 11 is 6.30. The Labute approximate surface area is 187 Å². The highest BCUT2D eigenvalue weighted by Crippen LogP contribution is 2.34. The summed E-state index contributed by atoms with van der Waals surface area (Å²) in [4.78, 5) is 22.4. The van der Waals surface area contributed by atoms with Crippen LogP contribution >= 0.6 is 11.6 Å². The quantitative estimate of drug-likeness (QED) is 0.662. The fourth-order valence-electron chi connectivity index (χ4n) is 4.21. The predicted octanol–water partition coefficient (Wildman–Crippen LogP) is 3.30. The lowest BCUT2D eigenvalue weighted by atomic mass is 9.96. The minimum absolute atomic E-state index is 0.0221. The van der Waals surface area contributed by atoms with E-state index < -0.39 is 0 Å². The van der Waals surface area contributed by atoms with E-state index in [1.807, 2.05) is 43.3 Å². The largest absolute Gasteiger partial charge is 0.507 e. The van der Waals surface area contributed by atoms with Crippen LogP contribution in [-0.4, -0.2) is 57.7 Å². The molecule has 1 atom stereocenters. The van der Waals surface area contributed by atoms with Crippen molar-refractivity contribution in [3.05, 3.63) is 92.6 Å². The molecule has 7 heteroatoms. The molecule has 1 unspecified atom stereocenters. The van der Waals surface area contributed by atoms with Crippen LogP contribution in [0.15, 0.2) is 59.7 Å². The van der Waals surface area contributed by atoms with Gasteiger partial charge in [0.15, 0.2) is 0 Å². The number of aromatic hydroxyl groups is 1. The highest BCUT2D eigenvalue weighted by molar-refractivity contribution is 6.30. The second-order valence-corrected chi connectivity index (χ2v) is 8.57. The van der Waals surface area contributed by atoms with Gasteiger partial charge in [0.1, 0.15) is 5.75 Å². The van der Waals surface area contributed by atoms with E-state index in [4.69, 9.17) is 11.6 Å². The second-order valence-electron chi connectivity index (χ2n) is 8.13. The minimum atomic E-state index is -0.374. The highest BCUT2D eigenvalue weighted by atomic mass is 35.5. The number of likely N-dealkylation sites (N-methyl/N-ethyl adjacent to an activating group) is 1. The molecule has 1 aromatic carbocycles. The van der Waals surface area contributed by atoms with Crippen molar-refractivity contribution in [3.8, 4) is 5.75 Å². The average molecular weight is 439 g/mol. The maximum Gasteiger partial charge on any atom is 0.259 e. The SMILES string of the molecule is Cc1cc(O)c(C(c2cccc(Cl)c2)N2CCN(C)CC2)c(=O)n1Cc1cccnc1. The summed E-state index contributed by atoms with van der Waals surface area (Å²) in [5.41, 5.74) is 2.74. The summed E-state index contributed by atoms with van der Waals surface area (Å²) in [5, 5.41) is 11.6. The Morgan fingerprint density at radius 3 is 2.58 bits per heavy atom. The predicted molar refractivity (Wildman–Crippen MR) is 123 cm³/mol. The summed E-state index contributed by atoms with van der Waals surface area (Å²) in [6.45, 7) is 5.62. The molecule has 4 rings (SSSR count). The first-order valence-corrected chi connectivity index (χ1v) is 10.8. The number of halogens is 1. The summed E-state index contributed by atoms with van der Waals surface area (Å²) in [7, 11) is 2.09. The average Bonchev–Trinajstić information content (AvgIpc) is 2.76. The van der Waals surface area contributed by atoms with Crippen molar-refractivity contribution in [2.75, 3.05) is 33.2 Å². The normalized spacial score (nSPS) is 16.4. The molecule has 0 spiro atoms. The van der Waals surface area contributed by atoms with Crippen LogP contribution in [0.3, 0.4) is 0 Å².